The van der Waals surface area contributed by atoms with Gasteiger partial charge in [0.2, 0.25) is 0 Å². The fraction of sp³-hybridized carbons (Fsp3) is 0.333. The quantitative estimate of drug-likeness (QED) is 0.863. The van der Waals surface area contributed by atoms with Crippen molar-refractivity contribution in [3.05, 3.63) is 59.9 Å². The van der Waals surface area contributed by atoms with E-state index in [1.54, 1.807) is 7.11 Å². The Hall–Kier alpha value is -2.01. The number of methoxy groups -OCH3 is 1. The second-order valence-corrected chi connectivity index (χ2v) is 7.32. The van der Waals surface area contributed by atoms with Crippen molar-refractivity contribution in [3.63, 3.8) is 0 Å². The highest BCUT2D eigenvalue weighted by Gasteiger charge is 2.43. The van der Waals surface area contributed by atoms with Gasteiger partial charge in [0.1, 0.15) is 11.8 Å². The van der Waals surface area contributed by atoms with Crippen LogP contribution in [0, 0.1) is 0 Å². The van der Waals surface area contributed by atoms with Gasteiger partial charge in [0.15, 0.2) is 5.17 Å². The second kappa shape index (κ2) is 5.89. The number of rotatable bonds is 3. The summed E-state index contributed by atoms with van der Waals surface area (Å²) in [4.78, 5) is 12.0. The van der Waals surface area contributed by atoms with Gasteiger partial charge in [-0.25, -0.2) is 0 Å². The van der Waals surface area contributed by atoms with Crippen LogP contribution >= 0.6 is 11.8 Å². The maximum atomic E-state index is 5.29. The van der Waals surface area contributed by atoms with Gasteiger partial charge in [-0.2, -0.15) is 0 Å². The molecule has 0 saturated carbocycles. The van der Waals surface area contributed by atoms with Gasteiger partial charge in [-0.3, -0.25) is 9.98 Å². The van der Waals surface area contributed by atoms with E-state index in [0.29, 0.717) is 5.25 Å². The zero-order valence-corrected chi connectivity index (χ0v) is 14.0. The molecular weight excluding hydrogens is 306 g/mol. The lowest BCUT2D eigenvalue weighted by Crippen LogP contribution is -2.28. The van der Waals surface area contributed by atoms with Gasteiger partial charge in [0.05, 0.1) is 18.8 Å². The highest BCUT2D eigenvalue weighted by Crippen LogP contribution is 2.47. The number of fused-ring (bicyclic) bond motifs is 1. The molecule has 2 aromatic rings. The number of hydrogen-bond acceptors (Lipinski definition) is 5. The van der Waals surface area contributed by atoms with E-state index < -0.39 is 0 Å². The number of thioether (sulfide) groups is 1. The molecule has 0 amide bonds. The van der Waals surface area contributed by atoms with Crippen molar-refractivity contribution in [3.8, 4) is 5.75 Å². The van der Waals surface area contributed by atoms with E-state index in [-0.39, 0.29) is 12.1 Å². The molecule has 1 aromatic carbocycles. The predicted octanol–water partition coefficient (Wildman–Crippen LogP) is 3.68. The van der Waals surface area contributed by atoms with Crippen molar-refractivity contribution in [1.29, 1.82) is 0 Å². The summed E-state index contributed by atoms with van der Waals surface area (Å²) >= 11 is 1.86. The van der Waals surface area contributed by atoms with E-state index >= 15 is 0 Å². The molecule has 118 valence electrons. The van der Waals surface area contributed by atoms with Crippen LogP contribution in [0.1, 0.15) is 30.3 Å². The molecule has 0 aliphatic carbocycles. The smallest absolute Gasteiger partial charge is 0.160 e. The van der Waals surface area contributed by atoms with Crippen molar-refractivity contribution in [2.75, 3.05) is 13.7 Å². The second-order valence-electron chi connectivity index (χ2n) is 5.91. The SMILES string of the molecule is COc1ccc([C@@H]2[C@@H](c3ccccn3)N=C3S[C@@H](C)CN32)cc1. The Morgan fingerprint density at radius 2 is 2.00 bits per heavy atom. The molecule has 23 heavy (non-hydrogen) atoms. The zero-order chi connectivity index (χ0) is 15.8. The van der Waals surface area contributed by atoms with E-state index in [1.165, 1.54) is 5.56 Å². The van der Waals surface area contributed by atoms with Crippen LogP contribution in [0.3, 0.4) is 0 Å². The number of aliphatic imine (C=N–C) groups is 1. The summed E-state index contributed by atoms with van der Waals surface area (Å²) in [5.74, 6) is 0.881. The molecular formula is C18H19N3OS. The van der Waals surface area contributed by atoms with Gasteiger partial charge in [0, 0.05) is 18.0 Å². The van der Waals surface area contributed by atoms with Gasteiger partial charge < -0.3 is 9.64 Å². The van der Waals surface area contributed by atoms with Crippen LogP contribution in [-0.2, 0) is 0 Å². The summed E-state index contributed by atoms with van der Waals surface area (Å²) in [7, 11) is 1.70. The molecule has 0 radical (unpaired) electrons. The largest absolute Gasteiger partial charge is 0.497 e. The Morgan fingerprint density at radius 1 is 1.17 bits per heavy atom. The topological polar surface area (TPSA) is 37.7 Å². The first-order valence-electron chi connectivity index (χ1n) is 7.82. The maximum Gasteiger partial charge on any atom is 0.160 e. The fourth-order valence-corrected chi connectivity index (χ4v) is 4.37. The number of aromatic nitrogens is 1. The molecule has 3 heterocycles. The number of amidine groups is 1. The van der Waals surface area contributed by atoms with E-state index in [1.807, 2.05) is 42.2 Å². The fourth-order valence-electron chi connectivity index (χ4n) is 3.28. The molecule has 1 fully saturated rings. The molecule has 0 unspecified atom stereocenters. The highest BCUT2D eigenvalue weighted by molar-refractivity contribution is 8.14. The molecule has 1 aromatic heterocycles. The first-order valence-corrected chi connectivity index (χ1v) is 8.70. The average Bonchev–Trinajstić information content (AvgIpc) is 3.11. The molecule has 2 aliphatic rings. The zero-order valence-electron chi connectivity index (χ0n) is 13.2. The Morgan fingerprint density at radius 3 is 2.70 bits per heavy atom. The van der Waals surface area contributed by atoms with Crippen molar-refractivity contribution in [1.82, 2.24) is 9.88 Å². The molecule has 0 N–H and O–H groups in total. The summed E-state index contributed by atoms with van der Waals surface area (Å²) in [5, 5.41) is 1.73. The van der Waals surface area contributed by atoms with Crippen molar-refractivity contribution in [2.24, 2.45) is 4.99 Å². The molecule has 1 saturated heterocycles. The molecule has 4 nitrogen and oxygen atoms in total. The van der Waals surface area contributed by atoms with Gasteiger partial charge in [0.25, 0.3) is 0 Å². The van der Waals surface area contributed by atoms with Crippen LogP contribution in [0.4, 0.5) is 0 Å². The maximum absolute atomic E-state index is 5.29. The Balaban J connectivity index is 1.74. The summed E-state index contributed by atoms with van der Waals surface area (Å²) in [6.07, 6.45) is 1.85. The van der Waals surface area contributed by atoms with Crippen molar-refractivity contribution < 1.29 is 4.74 Å². The third-order valence-corrected chi connectivity index (χ3v) is 5.44. The van der Waals surface area contributed by atoms with E-state index in [4.69, 9.17) is 9.73 Å². The van der Waals surface area contributed by atoms with Gasteiger partial charge in [-0.05, 0) is 29.8 Å². The van der Waals surface area contributed by atoms with Crippen LogP contribution in [0.25, 0.3) is 0 Å². The number of nitrogens with zero attached hydrogens (tertiary/aromatic N) is 3. The number of benzene rings is 1. The summed E-state index contributed by atoms with van der Waals surface area (Å²) < 4.78 is 5.29. The molecule has 0 spiro atoms. The Bertz CT molecular complexity index is 717. The van der Waals surface area contributed by atoms with Crippen LogP contribution in [0.15, 0.2) is 53.7 Å². The van der Waals surface area contributed by atoms with E-state index in [9.17, 15) is 0 Å². The predicted molar refractivity (Wildman–Crippen MR) is 93.9 cm³/mol. The lowest BCUT2D eigenvalue weighted by atomic mass is 9.96. The minimum Gasteiger partial charge on any atom is -0.497 e. The Labute approximate surface area is 140 Å². The minimum atomic E-state index is 0.0552. The van der Waals surface area contributed by atoms with E-state index in [0.717, 1.165) is 23.2 Å². The Kier molecular flexibility index (Phi) is 3.73. The van der Waals surface area contributed by atoms with Gasteiger partial charge >= 0.3 is 0 Å². The summed E-state index contributed by atoms with van der Waals surface area (Å²) in [6.45, 7) is 3.29. The standard InChI is InChI=1S/C18H19N3OS/c1-12-11-21-17(13-6-8-14(22-2)9-7-13)16(20-18(21)23-12)15-5-3-4-10-19-15/h3-10,12,16-17H,11H2,1-2H3/t12-,16+,17+/m0/s1. The summed E-state index contributed by atoms with van der Waals surface area (Å²) in [6, 6.07) is 14.7. The van der Waals surface area contributed by atoms with Gasteiger partial charge in [-0.1, -0.05) is 36.9 Å². The first-order chi connectivity index (χ1) is 11.3. The molecule has 5 heteroatoms. The van der Waals surface area contributed by atoms with Crippen LogP contribution in [-0.4, -0.2) is 34.0 Å². The van der Waals surface area contributed by atoms with Crippen LogP contribution in [0.2, 0.25) is 0 Å². The normalized spacial score (nSPS) is 26.1. The lowest BCUT2D eigenvalue weighted by molar-refractivity contribution is 0.321. The summed E-state index contributed by atoms with van der Waals surface area (Å²) in [5.41, 5.74) is 2.29. The third-order valence-electron chi connectivity index (χ3n) is 4.34. The first kappa shape index (κ1) is 14.6. The third kappa shape index (κ3) is 2.59. The number of ether oxygens (including phenoxy) is 1. The number of hydrogen-bond donors (Lipinski definition) is 0. The molecule has 4 rings (SSSR count). The molecule has 2 aliphatic heterocycles. The lowest BCUT2D eigenvalue weighted by Gasteiger charge is -2.27. The van der Waals surface area contributed by atoms with Crippen LogP contribution < -0.4 is 4.74 Å². The average molecular weight is 325 g/mol. The van der Waals surface area contributed by atoms with Crippen molar-refractivity contribution >= 4 is 16.9 Å². The molecule has 3 atom stereocenters. The molecule has 0 bridgehead atoms. The number of pyridine rings is 1. The van der Waals surface area contributed by atoms with Crippen LogP contribution in [0.5, 0.6) is 5.75 Å². The highest BCUT2D eigenvalue weighted by atomic mass is 32.2. The van der Waals surface area contributed by atoms with Gasteiger partial charge in [-0.15, -0.1) is 0 Å². The minimum absolute atomic E-state index is 0.0552. The monoisotopic (exact) mass is 325 g/mol. The van der Waals surface area contributed by atoms with Crippen molar-refractivity contribution in [2.45, 2.75) is 24.3 Å². The van der Waals surface area contributed by atoms with E-state index in [2.05, 4.69) is 35.0 Å².